The zero-order chi connectivity index (χ0) is 14.4. The molecule has 0 amide bonds. The number of hydrogen-bond acceptors (Lipinski definition) is 3. The van der Waals surface area contributed by atoms with Gasteiger partial charge in [-0.3, -0.25) is 4.79 Å². The van der Waals surface area contributed by atoms with Crippen LogP contribution in [0.1, 0.15) is 77.0 Å². The monoisotopic (exact) mass is 282 g/mol. The molecule has 0 aromatic carbocycles. The summed E-state index contributed by atoms with van der Waals surface area (Å²) >= 11 is 0. The first-order valence-electron chi connectivity index (χ1n) is 8.10. The van der Waals surface area contributed by atoms with Crippen LogP contribution >= 0.6 is 0 Å². The normalized spacial score (nSPS) is 24.4. The standard InChI is InChI=1S/C16H26O4/c17-14(13-9-5-1-2-6-10-13)20-16(15(18)19)11-7-3-4-8-12-16/h13H,1-12H2,(H,18,19). The fourth-order valence-electron chi connectivity index (χ4n) is 3.45. The summed E-state index contributed by atoms with van der Waals surface area (Å²) in [5.74, 6) is -1.31. The van der Waals surface area contributed by atoms with Crippen LogP contribution in [0, 0.1) is 5.92 Å². The average Bonchev–Trinajstić information content (AvgIpc) is 2.81. The van der Waals surface area contributed by atoms with Gasteiger partial charge in [-0.1, -0.05) is 38.5 Å². The molecule has 2 fully saturated rings. The Morgan fingerprint density at radius 1 is 0.850 bits per heavy atom. The van der Waals surface area contributed by atoms with Crippen molar-refractivity contribution in [3.8, 4) is 0 Å². The molecule has 4 nitrogen and oxygen atoms in total. The minimum Gasteiger partial charge on any atom is -0.478 e. The van der Waals surface area contributed by atoms with Crippen LogP contribution in [0.2, 0.25) is 0 Å². The number of aliphatic carboxylic acids is 1. The zero-order valence-electron chi connectivity index (χ0n) is 12.2. The molecule has 1 N–H and O–H groups in total. The smallest absolute Gasteiger partial charge is 0.348 e. The lowest BCUT2D eigenvalue weighted by Gasteiger charge is -2.29. The minimum absolute atomic E-state index is 0.0861. The van der Waals surface area contributed by atoms with Crippen molar-refractivity contribution in [3.63, 3.8) is 0 Å². The second-order valence-corrected chi connectivity index (χ2v) is 6.32. The van der Waals surface area contributed by atoms with Gasteiger partial charge in [0.15, 0.2) is 0 Å². The highest BCUT2D eigenvalue weighted by molar-refractivity contribution is 5.82. The van der Waals surface area contributed by atoms with E-state index >= 15 is 0 Å². The molecule has 4 heteroatoms. The first-order valence-corrected chi connectivity index (χ1v) is 8.10. The van der Waals surface area contributed by atoms with E-state index in [0.717, 1.165) is 51.4 Å². The molecule has 0 radical (unpaired) electrons. The number of carboxylic acid groups (broad SMARTS) is 1. The predicted molar refractivity (Wildman–Crippen MR) is 75.4 cm³/mol. The molecule has 2 rings (SSSR count). The highest BCUT2D eigenvalue weighted by atomic mass is 16.6. The fraction of sp³-hybridized carbons (Fsp3) is 0.875. The van der Waals surface area contributed by atoms with Crippen molar-refractivity contribution in [2.75, 3.05) is 0 Å². The van der Waals surface area contributed by atoms with Crippen molar-refractivity contribution >= 4 is 11.9 Å². The van der Waals surface area contributed by atoms with Gasteiger partial charge in [-0.2, -0.15) is 0 Å². The van der Waals surface area contributed by atoms with Gasteiger partial charge in [0.25, 0.3) is 0 Å². The summed E-state index contributed by atoms with van der Waals surface area (Å²) in [6.45, 7) is 0. The molecule has 20 heavy (non-hydrogen) atoms. The highest BCUT2D eigenvalue weighted by Gasteiger charge is 2.43. The van der Waals surface area contributed by atoms with Crippen molar-refractivity contribution in [2.45, 2.75) is 82.7 Å². The lowest BCUT2D eigenvalue weighted by molar-refractivity contribution is -0.183. The molecule has 2 saturated carbocycles. The maximum Gasteiger partial charge on any atom is 0.348 e. The van der Waals surface area contributed by atoms with Gasteiger partial charge in [0.1, 0.15) is 0 Å². The Hall–Kier alpha value is -1.06. The van der Waals surface area contributed by atoms with Crippen molar-refractivity contribution in [2.24, 2.45) is 5.92 Å². The molecule has 0 aromatic heterocycles. The maximum atomic E-state index is 12.4. The van der Waals surface area contributed by atoms with Crippen LogP contribution in [-0.4, -0.2) is 22.6 Å². The Morgan fingerprint density at radius 3 is 1.85 bits per heavy atom. The molecule has 114 valence electrons. The van der Waals surface area contributed by atoms with Crippen LogP contribution in [-0.2, 0) is 14.3 Å². The van der Waals surface area contributed by atoms with E-state index < -0.39 is 11.6 Å². The van der Waals surface area contributed by atoms with Gasteiger partial charge in [-0.15, -0.1) is 0 Å². The van der Waals surface area contributed by atoms with Crippen LogP contribution in [0.15, 0.2) is 0 Å². The topological polar surface area (TPSA) is 63.6 Å². The first-order chi connectivity index (χ1) is 9.64. The lowest BCUT2D eigenvalue weighted by atomic mass is 9.93. The number of rotatable bonds is 3. The summed E-state index contributed by atoms with van der Waals surface area (Å²) in [7, 11) is 0. The van der Waals surface area contributed by atoms with E-state index in [1.165, 1.54) is 12.8 Å². The van der Waals surface area contributed by atoms with Gasteiger partial charge >= 0.3 is 11.9 Å². The van der Waals surface area contributed by atoms with Crippen molar-refractivity contribution in [1.29, 1.82) is 0 Å². The molecule has 2 aliphatic rings. The van der Waals surface area contributed by atoms with Gasteiger partial charge in [0.05, 0.1) is 5.92 Å². The largest absolute Gasteiger partial charge is 0.478 e. The van der Waals surface area contributed by atoms with E-state index in [2.05, 4.69) is 0 Å². The van der Waals surface area contributed by atoms with E-state index in [0.29, 0.717) is 12.8 Å². The third kappa shape index (κ3) is 3.74. The predicted octanol–water partition coefficient (Wildman–Crippen LogP) is 3.68. The summed E-state index contributed by atoms with van der Waals surface area (Å²) in [5.41, 5.74) is -1.25. The van der Waals surface area contributed by atoms with Crippen LogP contribution < -0.4 is 0 Å². The molecule has 0 heterocycles. The average molecular weight is 282 g/mol. The van der Waals surface area contributed by atoms with E-state index in [4.69, 9.17) is 4.74 Å². The van der Waals surface area contributed by atoms with Gasteiger partial charge in [0, 0.05) is 0 Å². The van der Waals surface area contributed by atoms with Crippen LogP contribution in [0.5, 0.6) is 0 Å². The molecule has 0 atom stereocenters. The summed E-state index contributed by atoms with van der Waals surface area (Å²) < 4.78 is 5.58. The molecule has 0 aliphatic heterocycles. The second kappa shape index (κ2) is 7.09. The summed E-state index contributed by atoms with van der Waals surface area (Å²) in [6, 6.07) is 0. The Balaban J connectivity index is 2.02. The van der Waals surface area contributed by atoms with Crippen LogP contribution in [0.25, 0.3) is 0 Å². The Kier molecular flexibility index (Phi) is 5.44. The molecule has 0 bridgehead atoms. The van der Waals surface area contributed by atoms with Gasteiger partial charge in [-0.25, -0.2) is 4.79 Å². The number of carbonyl (C=O) groups excluding carboxylic acids is 1. The van der Waals surface area contributed by atoms with Crippen molar-refractivity contribution in [3.05, 3.63) is 0 Å². The molecule has 2 aliphatic carbocycles. The highest BCUT2D eigenvalue weighted by Crippen LogP contribution is 2.33. The minimum atomic E-state index is -1.25. The fourth-order valence-corrected chi connectivity index (χ4v) is 3.45. The Labute approximate surface area is 120 Å². The summed E-state index contributed by atoms with van der Waals surface area (Å²) in [5, 5.41) is 9.54. The molecule has 0 saturated heterocycles. The molecule has 0 unspecified atom stereocenters. The number of ether oxygens (including phenoxy) is 1. The van der Waals surface area contributed by atoms with Crippen LogP contribution in [0.4, 0.5) is 0 Å². The molecular formula is C16H26O4. The number of carboxylic acids is 1. The number of carbonyl (C=O) groups is 2. The second-order valence-electron chi connectivity index (χ2n) is 6.32. The SMILES string of the molecule is O=C(OC1(C(=O)O)CCCCCC1)C1CCCCCC1. The molecule has 0 spiro atoms. The summed E-state index contributed by atoms with van der Waals surface area (Å²) in [4.78, 5) is 24.0. The van der Waals surface area contributed by atoms with Gasteiger partial charge in [0.2, 0.25) is 5.60 Å². The Morgan fingerprint density at radius 2 is 1.35 bits per heavy atom. The first kappa shape index (κ1) is 15.3. The summed E-state index contributed by atoms with van der Waals surface area (Å²) in [6.07, 6.45) is 10.9. The van der Waals surface area contributed by atoms with E-state index in [-0.39, 0.29) is 11.9 Å². The molecular weight excluding hydrogens is 256 g/mol. The van der Waals surface area contributed by atoms with Crippen molar-refractivity contribution < 1.29 is 19.4 Å². The van der Waals surface area contributed by atoms with E-state index in [9.17, 15) is 14.7 Å². The zero-order valence-corrected chi connectivity index (χ0v) is 12.2. The van der Waals surface area contributed by atoms with Gasteiger partial charge in [-0.05, 0) is 38.5 Å². The van der Waals surface area contributed by atoms with E-state index in [1.807, 2.05) is 0 Å². The van der Waals surface area contributed by atoms with Crippen molar-refractivity contribution in [1.82, 2.24) is 0 Å². The lowest BCUT2D eigenvalue weighted by Crippen LogP contribution is -2.44. The third-order valence-corrected chi connectivity index (χ3v) is 4.79. The van der Waals surface area contributed by atoms with Gasteiger partial charge < -0.3 is 9.84 Å². The quantitative estimate of drug-likeness (QED) is 0.633. The van der Waals surface area contributed by atoms with E-state index in [1.54, 1.807) is 0 Å². The Bertz CT molecular complexity index is 334. The number of hydrogen-bond donors (Lipinski definition) is 1. The third-order valence-electron chi connectivity index (χ3n) is 4.79. The maximum absolute atomic E-state index is 12.4. The molecule has 0 aromatic rings. The number of esters is 1. The van der Waals surface area contributed by atoms with Crippen LogP contribution in [0.3, 0.4) is 0 Å².